The van der Waals surface area contributed by atoms with Crippen molar-refractivity contribution in [2.24, 2.45) is 0 Å². The average Bonchev–Trinajstić information content (AvgIpc) is 2.59. The van der Waals surface area contributed by atoms with Crippen LogP contribution in [0, 0.1) is 0 Å². The Morgan fingerprint density at radius 2 is 2.17 bits per heavy atom. The summed E-state index contributed by atoms with van der Waals surface area (Å²) in [5, 5.41) is 6.47. The molecule has 4 nitrogen and oxygen atoms in total. The van der Waals surface area contributed by atoms with Gasteiger partial charge in [-0.15, -0.1) is 0 Å². The maximum atomic E-state index is 12.5. The molecule has 1 aliphatic heterocycles. The van der Waals surface area contributed by atoms with Gasteiger partial charge >= 0.3 is 0 Å². The number of carbonyl (C=O) groups excluding carboxylic acids is 1. The van der Waals surface area contributed by atoms with Gasteiger partial charge in [0.05, 0.1) is 12.7 Å². The van der Waals surface area contributed by atoms with Crippen LogP contribution in [-0.2, 0) is 6.42 Å². The number of halogens is 1. The van der Waals surface area contributed by atoms with Crippen molar-refractivity contribution in [2.75, 3.05) is 20.2 Å². The van der Waals surface area contributed by atoms with Gasteiger partial charge in [0.2, 0.25) is 0 Å². The Hall–Kier alpha value is -1.85. The number of hydrogen-bond acceptors (Lipinski definition) is 3. The van der Waals surface area contributed by atoms with Crippen LogP contribution in [0.4, 0.5) is 0 Å². The van der Waals surface area contributed by atoms with Crippen LogP contribution in [0.15, 0.2) is 46.9 Å². The van der Waals surface area contributed by atoms with E-state index in [0.29, 0.717) is 17.9 Å². The topological polar surface area (TPSA) is 50.4 Å². The molecule has 0 saturated heterocycles. The van der Waals surface area contributed by atoms with Crippen molar-refractivity contribution in [3.05, 3.63) is 63.6 Å². The summed E-state index contributed by atoms with van der Waals surface area (Å²) in [5.41, 5.74) is 3.16. The van der Waals surface area contributed by atoms with Crippen molar-refractivity contribution in [1.82, 2.24) is 10.6 Å². The molecule has 0 bridgehead atoms. The van der Waals surface area contributed by atoms with E-state index in [0.717, 1.165) is 17.4 Å². The minimum absolute atomic E-state index is 0.126. The summed E-state index contributed by atoms with van der Waals surface area (Å²) in [6.45, 7) is 1.48. The first-order valence-electron chi connectivity index (χ1n) is 7.62. The van der Waals surface area contributed by atoms with Gasteiger partial charge in [0.1, 0.15) is 5.75 Å². The van der Waals surface area contributed by atoms with Gasteiger partial charge < -0.3 is 15.4 Å². The summed E-state index contributed by atoms with van der Waals surface area (Å²) in [6.07, 6.45) is 1.03. The van der Waals surface area contributed by atoms with E-state index in [1.807, 2.05) is 12.1 Å². The summed E-state index contributed by atoms with van der Waals surface area (Å²) in [6, 6.07) is 13.9. The van der Waals surface area contributed by atoms with Crippen molar-refractivity contribution < 1.29 is 9.53 Å². The summed E-state index contributed by atoms with van der Waals surface area (Å²) in [5.74, 6) is 0.438. The molecular formula is C18H19BrN2O2. The summed E-state index contributed by atoms with van der Waals surface area (Å²) < 4.78 is 6.17. The van der Waals surface area contributed by atoms with E-state index >= 15 is 0 Å². The van der Waals surface area contributed by atoms with E-state index in [4.69, 9.17) is 4.74 Å². The lowest BCUT2D eigenvalue weighted by molar-refractivity contribution is 0.0946. The second kappa shape index (κ2) is 7.15. The molecule has 0 aromatic heterocycles. The van der Waals surface area contributed by atoms with Crippen LogP contribution < -0.4 is 15.4 Å². The number of benzene rings is 2. The number of fused-ring (bicyclic) bond motifs is 1. The first kappa shape index (κ1) is 16.0. The van der Waals surface area contributed by atoms with Crippen LogP contribution in [0.3, 0.4) is 0 Å². The maximum absolute atomic E-state index is 12.5. The van der Waals surface area contributed by atoms with Crippen molar-refractivity contribution in [1.29, 1.82) is 0 Å². The Balaban J connectivity index is 1.71. The molecule has 1 amide bonds. The lowest BCUT2D eigenvalue weighted by Gasteiger charge is -2.27. The molecule has 2 N–H and O–H groups in total. The zero-order valence-electron chi connectivity index (χ0n) is 12.9. The van der Waals surface area contributed by atoms with Gasteiger partial charge in [-0.05, 0) is 42.3 Å². The van der Waals surface area contributed by atoms with Gasteiger partial charge in [0.15, 0.2) is 0 Å². The van der Waals surface area contributed by atoms with Gasteiger partial charge in [-0.25, -0.2) is 0 Å². The highest BCUT2D eigenvalue weighted by Crippen LogP contribution is 2.24. The van der Waals surface area contributed by atoms with Gasteiger partial charge in [0.25, 0.3) is 5.91 Å². The fourth-order valence-corrected chi connectivity index (χ4v) is 3.26. The Morgan fingerprint density at radius 3 is 3.00 bits per heavy atom. The molecule has 0 radical (unpaired) electrons. The van der Waals surface area contributed by atoms with Crippen molar-refractivity contribution in [3.8, 4) is 5.75 Å². The summed E-state index contributed by atoms with van der Waals surface area (Å²) in [4.78, 5) is 12.5. The van der Waals surface area contributed by atoms with Crippen LogP contribution in [0.5, 0.6) is 5.75 Å². The van der Waals surface area contributed by atoms with E-state index in [-0.39, 0.29) is 11.9 Å². The van der Waals surface area contributed by atoms with Crippen molar-refractivity contribution in [2.45, 2.75) is 12.5 Å². The van der Waals surface area contributed by atoms with E-state index in [1.165, 1.54) is 11.1 Å². The normalized spacial score (nSPS) is 16.5. The van der Waals surface area contributed by atoms with Crippen LogP contribution in [0.2, 0.25) is 0 Å². The zero-order chi connectivity index (χ0) is 16.2. The van der Waals surface area contributed by atoms with Crippen molar-refractivity contribution >= 4 is 21.8 Å². The Morgan fingerprint density at radius 1 is 1.35 bits per heavy atom. The molecule has 0 aliphatic carbocycles. The first-order chi connectivity index (χ1) is 11.2. The molecule has 23 heavy (non-hydrogen) atoms. The van der Waals surface area contributed by atoms with Crippen LogP contribution >= 0.6 is 15.9 Å². The second-order valence-electron chi connectivity index (χ2n) is 5.51. The van der Waals surface area contributed by atoms with E-state index in [9.17, 15) is 4.79 Å². The van der Waals surface area contributed by atoms with E-state index < -0.39 is 0 Å². The van der Waals surface area contributed by atoms with Gasteiger partial charge in [-0.1, -0.05) is 40.2 Å². The lowest BCUT2D eigenvalue weighted by Crippen LogP contribution is -2.38. The average molecular weight is 375 g/mol. The predicted octanol–water partition coefficient (Wildman–Crippen LogP) is 3.07. The molecule has 1 atom stereocenters. The molecule has 3 rings (SSSR count). The maximum Gasteiger partial charge on any atom is 0.255 e. The molecule has 2 aromatic carbocycles. The molecular weight excluding hydrogens is 356 g/mol. The molecule has 120 valence electrons. The Kier molecular flexibility index (Phi) is 4.98. The molecule has 0 saturated carbocycles. The van der Waals surface area contributed by atoms with E-state index in [1.54, 1.807) is 19.2 Å². The molecule has 1 unspecified atom stereocenters. The molecule has 5 heteroatoms. The third kappa shape index (κ3) is 3.57. The molecule has 2 aromatic rings. The number of methoxy groups -OCH3 is 1. The SMILES string of the molecule is COc1cc(Br)ccc1C(=O)NCC1NCCc2ccccc21. The van der Waals surface area contributed by atoms with Gasteiger partial charge in [0, 0.05) is 17.1 Å². The lowest BCUT2D eigenvalue weighted by atomic mass is 9.94. The number of carbonyl (C=O) groups is 1. The Bertz CT molecular complexity index is 718. The third-order valence-electron chi connectivity index (χ3n) is 4.09. The fraction of sp³-hybridized carbons (Fsp3) is 0.278. The Labute approximate surface area is 144 Å². The highest BCUT2D eigenvalue weighted by atomic mass is 79.9. The van der Waals surface area contributed by atoms with Crippen molar-refractivity contribution in [3.63, 3.8) is 0 Å². The van der Waals surface area contributed by atoms with E-state index in [2.05, 4.69) is 44.8 Å². The first-order valence-corrected chi connectivity index (χ1v) is 8.41. The third-order valence-corrected chi connectivity index (χ3v) is 4.58. The minimum Gasteiger partial charge on any atom is -0.496 e. The predicted molar refractivity (Wildman–Crippen MR) is 93.9 cm³/mol. The quantitative estimate of drug-likeness (QED) is 0.864. The van der Waals surface area contributed by atoms with Crippen LogP contribution in [-0.4, -0.2) is 26.1 Å². The number of amides is 1. The molecule has 1 heterocycles. The number of hydrogen-bond donors (Lipinski definition) is 2. The van der Waals surface area contributed by atoms with Crippen LogP contribution in [0.25, 0.3) is 0 Å². The van der Waals surface area contributed by atoms with Gasteiger partial charge in [-0.2, -0.15) is 0 Å². The summed E-state index contributed by atoms with van der Waals surface area (Å²) in [7, 11) is 1.57. The number of rotatable bonds is 4. The zero-order valence-corrected chi connectivity index (χ0v) is 14.5. The summed E-state index contributed by atoms with van der Waals surface area (Å²) >= 11 is 3.38. The molecule has 0 spiro atoms. The second-order valence-corrected chi connectivity index (χ2v) is 6.43. The fourth-order valence-electron chi connectivity index (χ4n) is 2.92. The number of ether oxygens (including phenoxy) is 1. The molecule has 1 aliphatic rings. The smallest absolute Gasteiger partial charge is 0.255 e. The van der Waals surface area contributed by atoms with Crippen LogP contribution in [0.1, 0.15) is 27.5 Å². The standard InChI is InChI=1S/C18H19BrN2O2/c1-23-17-10-13(19)6-7-15(17)18(22)21-11-16-14-5-3-2-4-12(14)8-9-20-16/h2-7,10,16,20H,8-9,11H2,1H3,(H,21,22). The number of nitrogens with one attached hydrogen (secondary N) is 2. The monoisotopic (exact) mass is 374 g/mol. The largest absolute Gasteiger partial charge is 0.496 e. The highest BCUT2D eigenvalue weighted by molar-refractivity contribution is 9.10. The highest BCUT2D eigenvalue weighted by Gasteiger charge is 2.20. The molecule has 0 fully saturated rings. The van der Waals surface area contributed by atoms with Gasteiger partial charge in [-0.3, -0.25) is 4.79 Å². The minimum atomic E-state index is -0.126.